The van der Waals surface area contributed by atoms with E-state index in [1.807, 2.05) is 6.07 Å². The number of anilines is 1. The first-order chi connectivity index (χ1) is 7.71. The van der Waals surface area contributed by atoms with Gasteiger partial charge in [0.05, 0.1) is 11.3 Å². The van der Waals surface area contributed by atoms with Crippen molar-refractivity contribution >= 4 is 17.3 Å². The van der Waals surface area contributed by atoms with Crippen LogP contribution < -0.4 is 5.32 Å². The van der Waals surface area contributed by atoms with E-state index in [9.17, 15) is 0 Å². The summed E-state index contributed by atoms with van der Waals surface area (Å²) in [5, 5.41) is 12.9. The lowest BCUT2D eigenvalue weighted by molar-refractivity contribution is 0.519. The molecule has 0 aromatic heterocycles. The fourth-order valence-electron chi connectivity index (χ4n) is 1.59. The Hall–Kier alpha value is -1.20. The van der Waals surface area contributed by atoms with Crippen molar-refractivity contribution in [2.24, 2.45) is 5.92 Å². The molecular weight excluding hydrogens is 220 g/mol. The summed E-state index contributed by atoms with van der Waals surface area (Å²) in [6.07, 6.45) is 2.29. The van der Waals surface area contributed by atoms with Gasteiger partial charge in [0.1, 0.15) is 6.07 Å². The molecule has 0 heterocycles. The lowest BCUT2D eigenvalue weighted by Crippen LogP contribution is -2.13. The molecule has 2 nitrogen and oxygen atoms in total. The second-order valence-corrected chi connectivity index (χ2v) is 4.30. The van der Waals surface area contributed by atoms with Gasteiger partial charge in [0.15, 0.2) is 0 Å². The second-order valence-electron chi connectivity index (χ2n) is 3.87. The zero-order valence-electron chi connectivity index (χ0n) is 9.76. The van der Waals surface area contributed by atoms with Crippen LogP contribution in [0.15, 0.2) is 18.2 Å². The van der Waals surface area contributed by atoms with E-state index in [2.05, 4.69) is 25.2 Å². The molecule has 1 aromatic rings. The molecule has 0 atom stereocenters. The molecule has 0 fully saturated rings. The molecule has 0 aliphatic carbocycles. The third kappa shape index (κ3) is 3.43. The maximum Gasteiger partial charge on any atom is 0.101 e. The van der Waals surface area contributed by atoms with E-state index in [0.717, 1.165) is 25.1 Å². The van der Waals surface area contributed by atoms with Crippen LogP contribution in [0, 0.1) is 17.2 Å². The molecule has 1 rings (SSSR count). The van der Waals surface area contributed by atoms with Crippen molar-refractivity contribution in [3.05, 3.63) is 28.8 Å². The molecule has 0 unspecified atom stereocenters. The number of nitrogens with zero attached hydrogens (tertiary/aromatic N) is 1. The third-order valence-electron chi connectivity index (χ3n) is 2.84. The Labute approximate surface area is 102 Å². The van der Waals surface area contributed by atoms with Crippen LogP contribution >= 0.6 is 11.6 Å². The van der Waals surface area contributed by atoms with Crippen molar-refractivity contribution in [2.45, 2.75) is 26.7 Å². The fraction of sp³-hybridized carbons (Fsp3) is 0.462. The standard InChI is InChI=1S/C13H17ClN2/c1-3-10(4-2)9-16-13-7-12(14)6-5-11(13)8-15/h5-7,10,16H,3-4,9H2,1-2H3. The quantitative estimate of drug-likeness (QED) is 0.837. The number of nitriles is 1. The topological polar surface area (TPSA) is 35.8 Å². The third-order valence-corrected chi connectivity index (χ3v) is 3.07. The minimum atomic E-state index is 0.644. The van der Waals surface area contributed by atoms with Crippen LogP contribution in [0.25, 0.3) is 0 Å². The Morgan fingerprint density at radius 1 is 1.38 bits per heavy atom. The first kappa shape index (κ1) is 12.9. The Kier molecular flexibility index (Phi) is 5.14. The van der Waals surface area contributed by atoms with Gasteiger partial charge >= 0.3 is 0 Å². The molecule has 0 amide bonds. The molecule has 3 heteroatoms. The van der Waals surface area contributed by atoms with Crippen LogP contribution in [0.2, 0.25) is 5.02 Å². The molecule has 0 spiro atoms. The Bertz CT molecular complexity index is 378. The number of rotatable bonds is 5. The van der Waals surface area contributed by atoms with E-state index in [-0.39, 0.29) is 0 Å². The number of hydrogen-bond acceptors (Lipinski definition) is 2. The lowest BCUT2D eigenvalue weighted by Gasteiger charge is -2.15. The number of halogens is 1. The van der Waals surface area contributed by atoms with Crippen LogP contribution in [-0.4, -0.2) is 6.54 Å². The molecule has 0 saturated heterocycles. The van der Waals surface area contributed by atoms with Crippen LogP contribution in [-0.2, 0) is 0 Å². The normalized spacial score (nSPS) is 10.2. The van der Waals surface area contributed by atoms with Gasteiger partial charge in [-0.3, -0.25) is 0 Å². The van der Waals surface area contributed by atoms with Gasteiger partial charge in [-0.05, 0) is 24.1 Å². The molecule has 16 heavy (non-hydrogen) atoms. The van der Waals surface area contributed by atoms with Gasteiger partial charge in [-0.25, -0.2) is 0 Å². The van der Waals surface area contributed by atoms with Gasteiger partial charge in [0, 0.05) is 11.6 Å². The largest absolute Gasteiger partial charge is 0.384 e. The zero-order valence-corrected chi connectivity index (χ0v) is 10.5. The molecular formula is C13H17ClN2. The Morgan fingerprint density at radius 2 is 2.06 bits per heavy atom. The molecule has 0 bridgehead atoms. The first-order valence-electron chi connectivity index (χ1n) is 5.64. The van der Waals surface area contributed by atoms with Crippen LogP contribution in [0.3, 0.4) is 0 Å². The minimum absolute atomic E-state index is 0.644. The predicted octanol–water partition coefficient (Wildman–Crippen LogP) is 4.06. The van der Waals surface area contributed by atoms with Gasteiger partial charge < -0.3 is 5.32 Å². The van der Waals surface area contributed by atoms with E-state index in [4.69, 9.17) is 16.9 Å². The van der Waals surface area contributed by atoms with E-state index >= 15 is 0 Å². The lowest BCUT2D eigenvalue weighted by atomic mass is 10.0. The molecule has 0 radical (unpaired) electrons. The van der Waals surface area contributed by atoms with Crippen molar-refractivity contribution in [1.82, 2.24) is 0 Å². The van der Waals surface area contributed by atoms with E-state index < -0.39 is 0 Å². The summed E-state index contributed by atoms with van der Waals surface area (Å²) in [6.45, 7) is 5.25. The van der Waals surface area contributed by atoms with Crippen LogP contribution in [0.1, 0.15) is 32.3 Å². The van der Waals surface area contributed by atoms with Crippen molar-refractivity contribution in [2.75, 3.05) is 11.9 Å². The second kappa shape index (κ2) is 6.40. The highest BCUT2D eigenvalue weighted by Gasteiger charge is 2.06. The number of nitrogens with one attached hydrogen (secondary N) is 1. The van der Waals surface area contributed by atoms with Gasteiger partial charge in [0.25, 0.3) is 0 Å². The maximum absolute atomic E-state index is 8.96. The van der Waals surface area contributed by atoms with E-state index in [0.29, 0.717) is 16.5 Å². The minimum Gasteiger partial charge on any atom is -0.384 e. The maximum atomic E-state index is 8.96. The van der Waals surface area contributed by atoms with Gasteiger partial charge in [-0.15, -0.1) is 0 Å². The SMILES string of the molecule is CCC(CC)CNc1cc(Cl)ccc1C#N. The Balaban J connectivity index is 2.73. The summed E-state index contributed by atoms with van der Waals surface area (Å²) in [5.74, 6) is 0.644. The number of benzene rings is 1. The predicted molar refractivity (Wildman–Crippen MR) is 68.7 cm³/mol. The monoisotopic (exact) mass is 236 g/mol. The van der Waals surface area contributed by atoms with E-state index in [1.54, 1.807) is 12.1 Å². The van der Waals surface area contributed by atoms with Crippen molar-refractivity contribution < 1.29 is 0 Å². The van der Waals surface area contributed by atoms with Crippen molar-refractivity contribution in [3.8, 4) is 6.07 Å². The molecule has 1 aromatic carbocycles. The van der Waals surface area contributed by atoms with Gasteiger partial charge in [-0.1, -0.05) is 38.3 Å². The van der Waals surface area contributed by atoms with Crippen molar-refractivity contribution in [1.29, 1.82) is 5.26 Å². The average molecular weight is 237 g/mol. The summed E-state index contributed by atoms with van der Waals surface area (Å²) >= 11 is 5.91. The molecule has 0 saturated carbocycles. The smallest absolute Gasteiger partial charge is 0.101 e. The highest BCUT2D eigenvalue weighted by molar-refractivity contribution is 6.30. The van der Waals surface area contributed by atoms with Gasteiger partial charge in [0.2, 0.25) is 0 Å². The molecule has 86 valence electrons. The first-order valence-corrected chi connectivity index (χ1v) is 6.02. The highest BCUT2D eigenvalue weighted by atomic mass is 35.5. The zero-order chi connectivity index (χ0) is 12.0. The Morgan fingerprint density at radius 3 is 2.62 bits per heavy atom. The summed E-state index contributed by atoms with van der Waals surface area (Å²) < 4.78 is 0. The summed E-state index contributed by atoms with van der Waals surface area (Å²) in [7, 11) is 0. The van der Waals surface area contributed by atoms with Crippen LogP contribution in [0.5, 0.6) is 0 Å². The molecule has 0 aliphatic rings. The summed E-state index contributed by atoms with van der Waals surface area (Å²) in [4.78, 5) is 0. The van der Waals surface area contributed by atoms with Crippen LogP contribution in [0.4, 0.5) is 5.69 Å². The fourth-order valence-corrected chi connectivity index (χ4v) is 1.76. The highest BCUT2D eigenvalue weighted by Crippen LogP contribution is 2.21. The number of hydrogen-bond donors (Lipinski definition) is 1. The molecule has 1 N–H and O–H groups in total. The van der Waals surface area contributed by atoms with E-state index in [1.165, 1.54) is 0 Å². The van der Waals surface area contributed by atoms with Gasteiger partial charge in [-0.2, -0.15) is 5.26 Å². The average Bonchev–Trinajstić information content (AvgIpc) is 2.30. The van der Waals surface area contributed by atoms with Crippen molar-refractivity contribution in [3.63, 3.8) is 0 Å². The summed E-state index contributed by atoms with van der Waals surface area (Å²) in [5.41, 5.74) is 1.48. The summed E-state index contributed by atoms with van der Waals surface area (Å²) in [6, 6.07) is 7.46. The molecule has 0 aliphatic heterocycles.